The van der Waals surface area contributed by atoms with Gasteiger partial charge in [-0.2, -0.15) is 5.26 Å². The number of carbonyl (C=O) groups is 3. The highest BCUT2D eigenvalue weighted by Gasteiger charge is 2.37. The van der Waals surface area contributed by atoms with Gasteiger partial charge in [0.2, 0.25) is 5.91 Å². The van der Waals surface area contributed by atoms with Crippen molar-refractivity contribution < 1.29 is 19.1 Å². The molecule has 1 aromatic heterocycles. The predicted octanol–water partition coefficient (Wildman–Crippen LogP) is 3.46. The highest BCUT2D eigenvalue weighted by atomic mass is 32.2. The first-order valence-electron chi connectivity index (χ1n) is 11.2. The number of para-hydroxylation sites is 1. The van der Waals surface area contributed by atoms with Gasteiger partial charge in [0, 0.05) is 42.3 Å². The molecule has 2 aromatic carbocycles. The Morgan fingerprint density at radius 2 is 1.83 bits per heavy atom. The number of rotatable bonds is 5. The van der Waals surface area contributed by atoms with Crippen molar-refractivity contribution in [2.24, 2.45) is 0 Å². The average molecular weight is 487 g/mol. The van der Waals surface area contributed by atoms with Crippen molar-refractivity contribution >= 4 is 45.8 Å². The van der Waals surface area contributed by atoms with Crippen molar-refractivity contribution in [3.8, 4) is 6.07 Å². The first-order chi connectivity index (χ1) is 17.0. The van der Waals surface area contributed by atoms with Gasteiger partial charge in [0.1, 0.15) is 6.54 Å². The fourth-order valence-corrected chi connectivity index (χ4v) is 5.13. The Morgan fingerprint density at radius 3 is 2.63 bits per heavy atom. The highest BCUT2D eigenvalue weighted by Crippen LogP contribution is 2.34. The molecule has 3 heterocycles. The van der Waals surface area contributed by atoms with Crippen LogP contribution in [0.4, 0.5) is 4.79 Å². The number of imide groups is 1. The minimum Gasteiger partial charge on any atom is -0.378 e. The molecule has 0 saturated carbocycles. The van der Waals surface area contributed by atoms with Crippen molar-refractivity contribution in [1.82, 2.24) is 14.4 Å². The SMILES string of the molecule is N#Cc1ccccc1Cn1cc(/C=C2/SC(=O)N(CC(=O)N3CCOCC3)C2=O)c2ccccc21. The van der Waals surface area contributed by atoms with E-state index in [1.165, 1.54) is 0 Å². The summed E-state index contributed by atoms with van der Waals surface area (Å²) in [4.78, 5) is 41.1. The zero-order chi connectivity index (χ0) is 24.4. The average Bonchev–Trinajstić information content (AvgIpc) is 3.36. The van der Waals surface area contributed by atoms with Gasteiger partial charge in [-0.05, 0) is 35.5 Å². The Labute approximate surface area is 206 Å². The monoisotopic (exact) mass is 486 g/mol. The Bertz CT molecular complexity index is 1400. The molecule has 2 saturated heterocycles. The van der Waals surface area contributed by atoms with Crippen molar-refractivity contribution in [3.63, 3.8) is 0 Å². The summed E-state index contributed by atoms with van der Waals surface area (Å²) in [5.41, 5.74) is 3.25. The van der Waals surface area contributed by atoms with E-state index >= 15 is 0 Å². The van der Waals surface area contributed by atoms with E-state index in [9.17, 15) is 19.6 Å². The normalized spacial score (nSPS) is 17.4. The number of ether oxygens (including phenoxy) is 1. The minimum absolute atomic E-state index is 0.260. The number of carbonyl (C=O) groups excluding carboxylic acids is 3. The van der Waals surface area contributed by atoms with Crippen LogP contribution in [0.1, 0.15) is 16.7 Å². The first kappa shape index (κ1) is 22.9. The molecule has 176 valence electrons. The molecule has 2 aliphatic rings. The maximum atomic E-state index is 13.0. The van der Waals surface area contributed by atoms with Gasteiger partial charge in [0.15, 0.2) is 0 Å². The number of fused-ring (bicyclic) bond motifs is 1. The van der Waals surface area contributed by atoms with Crippen LogP contribution in [0, 0.1) is 11.3 Å². The quantitative estimate of drug-likeness (QED) is 0.513. The van der Waals surface area contributed by atoms with Gasteiger partial charge in [0.05, 0.1) is 29.8 Å². The van der Waals surface area contributed by atoms with Gasteiger partial charge in [-0.15, -0.1) is 0 Å². The van der Waals surface area contributed by atoms with Crippen LogP contribution in [0.3, 0.4) is 0 Å². The van der Waals surface area contributed by atoms with Gasteiger partial charge in [-0.3, -0.25) is 19.3 Å². The number of amides is 3. The third kappa shape index (κ3) is 4.58. The molecule has 5 rings (SSSR count). The zero-order valence-corrected chi connectivity index (χ0v) is 19.7. The van der Waals surface area contributed by atoms with E-state index in [1.807, 2.05) is 53.2 Å². The molecule has 0 bridgehead atoms. The summed E-state index contributed by atoms with van der Waals surface area (Å²) in [7, 11) is 0. The van der Waals surface area contributed by atoms with Crippen LogP contribution in [-0.2, 0) is 20.9 Å². The van der Waals surface area contributed by atoms with E-state index in [2.05, 4.69) is 6.07 Å². The standard InChI is InChI=1S/C26H22N4O4S/c27-14-18-5-1-2-6-19(18)15-29-16-20(21-7-3-4-8-22(21)29)13-23-25(32)30(26(33)35-23)17-24(31)28-9-11-34-12-10-28/h1-8,13,16H,9-12,15,17H2/b23-13+. The molecule has 0 spiro atoms. The number of morpholine rings is 1. The van der Waals surface area contributed by atoms with Crippen molar-refractivity contribution in [2.75, 3.05) is 32.8 Å². The molecule has 8 nitrogen and oxygen atoms in total. The van der Waals surface area contributed by atoms with E-state index in [4.69, 9.17) is 4.74 Å². The fourth-order valence-electron chi connectivity index (χ4n) is 4.30. The van der Waals surface area contributed by atoms with Crippen LogP contribution in [0.15, 0.2) is 59.6 Å². The lowest BCUT2D eigenvalue weighted by atomic mass is 10.1. The zero-order valence-electron chi connectivity index (χ0n) is 18.8. The van der Waals surface area contributed by atoms with Crippen LogP contribution in [0.2, 0.25) is 0 Å². The third-order valence-corrected chi connectivity index (χ3v) is 7.02. The van der Waals surface area contributed by atoms with E-state index in [1.54, 1.807) is 17.0 Å². The van der Waals surface area contributed by atoms with Gasteiger partial charge in [-0.25, -0.2) is 0 Å². The summed E-state index contributed by atoms with van der Waals surface area (Å²) in [6.45, 7) is 2.05. The second kappa shape index (κ2) is 9.78. The lowest BCUT2D eigenvalue weighted by molar-refractivity contribution is -0.139. The number of thioether (sulfide) groups is 1. The largest absolute Gasteiger partial charge is 0.378 e. The molecule has 0 atom stereocenters. The number of benzene rings is 2. The molecule has 2 aliphatic heterocycles. The maximum Gasteiger partial charge on any atom is 0.294 e. The lowest BCUT2D eigenvalue weighted by Crippen LogP contribution is -2.46. The van der Waals surface area contributed by atoms with E-state index < -0.39 is 11.1 Å². The molecule has 0 unspecified atom stereocenters. The smallest absolute Gasteiger partial charge is 0.294 e. The molecular formula is C26H22N4O4S. The topological polar surface area (TPSA) is 95.6 Å². The summed E-state index contributed by atoms with van der Waals surface area (Å²) in [6, 6.07) is 17.5. The van der Waals surface area contributed by atoms with Gasteiger partial charge in [0.25, 0.3) is 11.1 Å². The van der Waals surface area contributed by atoms with Crippen LogP contribution >= 0.6 is 11.8 Å². The lowest BCUT2D eigenvalue weighted by Gasteiger charge is -2.28. The van der Waals surface area contributed by atoms with Crippen LogP contribution in [0.5, 0.6) is 0 Å². The maximum absolute atomic E-state index is 13.0. The second-order valence-electron chi connectivity index (χ2n) is 8.26. The summed E-state index contributed by atoms with van der Waals surface area (Å²) < 4.78 is 7.29. The van der Waals surface area contributed by atoms with E-state index in [-0.39, 0.29) is 17.4 Å². The summed E-state index contributed by atoms with van der Waals surface area (Å²) >= 11 is 0.844. The number of aromatic nitrogens is 1. The molecule has 0 aliphatic carbocycles. The van der Waals surface area contributed by atoms with Crippen LogP contribution in [0.25, 0.3) is 17.0 Å². The molecule has 2 fully saturated rings. The summed E-state index contributed by atoms with van der Waals surface area (Å²) in [5.74, 6) is -0.724. The van der Waals surface area contributed by atoms with Crippen LogP contribution < -0.4 is 0 Å². The number of hydrogen-bond donors (Lipinski definition) is 0. The molecule has 35 heavy (non-hydrogen) atoms. The molecule has 3 aromatic rings. The van der Waals surface area contributed by atoms with Crippen molar-refractivity contribution in [3.05, 3.63) is 76.3 Å². The van der Waals surface area contributed by atoms with E-state index in [0.29, 0.717) is 38.4 Å². The molecule has 0 N–H and O–H groups in total. The molecular weight excluding hydrogens is 464 g/mol. The highest BCUT2D eigenvalue weighted by molar-refractivity contribution is 8.18. The second-order valence-corrected chi connectivity index (χ2v) is 9.25. The number of hydrogen-bond acceptors (Lipinski definition) is 6. The van der Waals surface area contributed by atoms with Gasteiger partial charge >= 0.3 is 0 Å². The van der Waals surface area contributed by atoms with Crippen molar-refractivity contribution in [1.29, 1.82) is 5.26 Å². The minimum atomic E-state index is -0.465. The van der Waals surface area contributed by atoms with Crippen LogP contribution in [-0.4, -0.2) is 64.3 Å². The Balaban J connectivity index is 1.42. The molecule has 3 amide bonds. The Kier molecular flexibility index (Phi) is 6.40. The molecule has 9 heteroatoms. The van der Waals surface area contributed by atoms with Gasteiger partial charge < -0.3 is 14.2 Å². The fraction of sp³-hybridized carbons (Fsp3) is 0.231. The van der Waals surface area contributed by atoms with Gasteiger partial charge in [-0.1, -0.05) is 36.4 Å². The third-order valence-electron chi connectivity index (χ3n) is 6.12. The Hall–Kier alpha value is -3.87. The van der Waals surface area contributed by atoms with Crippen molar-refractivity contribution in [2.45, 2.75) is 6.54 Å². The van der Waals surface area contributed by atoms with E-state index in [0.717, 1.165) is 38.7 Å². The summed E-state index contributed by atoms with van der Waals surface area (Å²) in [5, 5.41) is 9.93. The summed E-state index contributed by atoms with van der Waals surface area (Å²) in [6.07, 6.45) is 3.63. The Morgan fingerprint density at radius 1 is 1.09 bits per heavy atom. The predicted molar refractivity (Wildman–Crippen MR) is 132 cm³/mol. The molecule has 0 radical (unpaired) electrons. The first-order valence-corrected chi connectivity index (χ1v) is 12.0. The number of nitrogens with zero attached hydrogens (tertiary/aromatic N) is 4. The number of nitriles is 1.